The van der Waals surface area contributed by atoms with E-state index in [0.717, 1.165) is 46.8 Å². The number of methoxy groups -OCH3 is 1. The molecule has 0 radical (unpaired) electrons. The number of nitrogens with one attached hydrogen (secondary N) is 1. The summed E-state index contributed by atoms with van der Waals surface area (Å²) in [6.45, 7) is 8.15. The van der Waals surface area contributed by atoms with Crippen LogP contribution in [-0.4, -0.2) is 22.4 Å². The molecule has 0 unspecified atom stereocenters. The molecule has 0 atom stereocenters. The van der Waals surface area contributed by atoms with Gasteiger partial charge in [-0.3, -0.25) is 0 Å². The summed E-state index contributed by atoms with van der Waals surface area (Å²) in [5, 5.41) is 3.92. The zero-order valence-electron chi connectivity index (χ0n) is 18.6. The van der Waals surface area contributed by atoms with Crippen molar-refractivity contribution in [3.05, 3.63) is 95.4 Å². The van der Waals surface area contributed by atoms with Gasteiger partial charge in [0.2, 0.25) is 0 Å². The molecule has 1 aromatic heterocycles. The van der Waals surface area contributed by atoms with Crippen LogP contribution in [0.25, 0.3) is 5.69 Å². The number of imidazole rings is 1. The quantitative estimate of drug-likeness (QED) is 0.401. The Morgan fingerprint density at radius 3 is 2.62 bits per heavy atom. The molecule has 3 rings (SSSR count). The molecule has 0 saturated carbocycles. The van der Waals surface area contributed by atoms with Gasteiger partial charge in [-0.05, 0) is 49.4 Å². The van der Waals surface area contributed by atoms with E-state index in [0.29, 0.717) is 16.6 Å². The third-order valence-electron chi connectivity index (χ3n) is 4.85. The molecule has 3 aromatic rings. The second kappa shape index (κ2) is 10.7. The van der Waals surface area contributed by atoms with Crippen molar-refractivity contribution >= 4 is 23.0 Å². The Morgan fingerprint density at radius 1 is 1.28 bits per heavy atom. The van der Waals surface area contributed by atoms with E-state index in [4.69, 9.17) is 27.1 Å². The average Bonchev–Trinajstić information content (AvgIpc) is 3.22. The number of nitrogens with zero attached hydrogens (tertiary/aromatic N) is 3. The summed E-state index contributed by atoms with van der Waals surface area (Å²) in [6.07, 6.45) is 7.06. The summed E-state index contributed by atoms with van der Waals surface area (Å²) in [5.41, 5.74) is 11.2. The smallest absolute Gasteiger partial charge is 0.144 e. The SMILES string of the molecule is C=C(/N=C(\C(=C/N)CCC)c1ccc(Cl)cc1)Nc1ccc(-n2cnc(C)c2)c(OC)c1. The van der Waals surface area contributed by atoms with Crippen LogP contribution in [0.2, 0.25) is 5.02 Å². The van der Waals surface area contributed by atoms with Crippen molar-refractivity contribution in [2.24, 2.45) is 10.7 Å². The van der Waals surface area contributed by atoms with E-state index in [-0.39, 0.29) is 0 Å². The molecule has 0 bridgehead atoms. The number of allylic oxidation sites excluding steroid dienone is 1. The van der Waals surface area contributed by atoms with Gasteiger partial charge in [0.05, 0.1) is 30.5 Å². The number of benzene rings is 2. The van der Waals surface area contributed by atoms with Crippen molar-refractivity contribution in [1.82, 2.24) is 9.55 Å². The number of rotatable bonds is 9. The van der Waals surface area contributed by atoms with Gasteiger partial charge in [0, 0.05) is 28.5 Å². The monoisotopic (exact) mass is 449 g/mol. The molecule has 0 aliphatic carbocycles. The largest absolute Gasteiger partial charge is 0.494 e. The fraction of sp³-hybridized carbons (Fsp3) is 0.200. The van der Waals surface area contributed by atoms with E-state index in [1.165, 1.54) is 0 Å². The normalized spacial score (nSPS) is 12.0. The molecule has 3 N–H and O–H groups in total. The Labute approximate surface area is 194 Å². The van der Waals surface area contributed by atoms with Gasteiger partial charge in [0.15, 0.2) is 0 Å². The number of aliphatic imine (C=N–C) groups is 1. The van der Waals surface area contributed by atoms with Crippen LogP contribution in [0.15, 0.2) is 84.2 Å². The van der Waals surface area contributed by atoms with E-state index >= 15 is 0 Å². The van der Waals surface area contributed by atoms with Crippen LogP contribution in [0, 0.1) is 6.92 Å². The molecular weight excluding hydrogens is 422 g/mol. The molecule has 0 spiro atoms. The maximum atomic E-state index is 6.06. The first kappa shape index (κ1) is 23.2. The molecule has 1 heterocycles. The van der Waals surface area contributed by atoms with E-state index in [9.17, 15) is 0 Å². The predicted octanol–water partition coefficient (Wildman–Crippen LogP) is 5.86. The summed E-state index contributed by atoms with van der Waals surface area (Å²) >= 11 is 6.06. The van der Waals surface area contributed by atoms with Crippen LogP contribution in [0.3, 0.4) is 0 Å². The number of nitrogens with two attached hydrogens (primary N) is 1. The summed E-state index contributed by atoms with van der Waals surface area (Å²) < 4.78 is 7.51. The Kier molecular flexibility index (Phi) is 7.73. The predicted molar refractivity (Wildman–Crippen MR) is 133 cm³/mol. The van der Waals surface area contributed by atoms with E-state index < -0.39 is 0 Å². The van der Waals surface area contributed by atoms with Gasteiger partial charge < -0.3 is 20.4 Å². The van der Waals surface area contributed by atoms with Crippen LogP contribution < -0.4 is 15.8 Å². The zero-order chi connectivity index (χ0) is 23.1. The third kappa shape index (κ3) is 5.59. The highest BCUT2D eigenvalue weighted by Gasteiger charge is 2.12. The van der Waals surface area contributed by atoms with Crippen molar-refractivity contribution in [3.8, 4) is 11.4 Å². The molecule has 166 valence electrons. The van der Waals surface area contributed by atoms with Crippen LogP contribution in [0.1, 0.15) is 31.0 Å². The van der Waals surface area contributed by atoms with Gasteiger partial charge in [-0.1, -0.05) is 43.7 Å². The first-order valence-electron chi connectivity index (χ1n) is 10.4. The van der Waals surface area contributed by atoms with Gasteiger partial charge in [-0.15, -0.1) is 0 Å². The molecule has 0 saturated heterocycles. The van der Waals surface area contributed by atoms with E-state index in [1.807, 2.05) is 60.2 Å². The number of aryl methyl sites for hydroxylation is 1. The molecule has 0 aliphatic rings. The summed E-state index contributed by atoms with van der Waals surface area (Å²) in [6, 6.07) is 13.3. The first-order chi connectivity index (χ1) is 15.4. The highest BCUT2D eigenvalue weighted by molar-refractivity contribution is 6.30. The minimum absolute atomic E-state index is 0.485. The third-order valence-corrected chi connectivity index (χ3v) is 5.10. The number of hydrogen-bond acceptors (Lipinski definition) is 5. The van der Waals surface area contributed by atoms with Crippen LogP contribution in [-0.2, 0) is 0 Å². The first-order valence-corrected chi connectivity index (χ1v) is 10.7. The maximum absolute atomic E-state index is 6.06. The van der Waals surface area contributed by atoms with Crippen molar-refractivity contribution < 1.29 is 4.74 Å². The number of anilines is 1. The van der Waals surface area contributed by atoms with Gasteiger partial charge in [0.1, 0.15) is 11.6 Å². The van der Waals surface area contributed by atoms with Crippen LogP contribution in [0.5, 0.6) is 5.75 Å². The lowest BCUT2D eigenvalue weighted by atomic mass is 9.99. The molecular formula is C25H28ClN5O. The van der Waals surface area contributed by atoms with Gasteiger partial charge in [0.25, 0.3) is 0 Å². The lowest BCUT2D eigenvalue weighted by Crippen LogP contribution is -2.10. The van der Waals surface area contributed by atoms with E-state index in [2.05, 4.69) is 23.8 Å². The fourth-order valence-electron chi connectivity index (χ4n) is 3.33. The van der Waals surface area contributed by atoms with Crippen LogP contribution in [0.4, 0.5) is 5.69 Å². The second-order valence-corrected chi connectivity index (χ2v) is 7.73. The number of halogens is 1. The van der Waals surface area contributed by atoms with Crippen molar-refractivity contribution in [2.75, 3.05) is 12.4 Å². The molecule has 6 nitrogen and oxygen atoms in total. The molecule has 0 amide bonds. The second-order valence-electron chi connectivity index (χ2n) is 7.29. The zero-order valence-corrected chi connectivity index (χ0v) is 19.4. The molecule has 32 heavy (non-hydrogen) atoms. The minimum Gasteiger partial charge on any atom is -0.494 e. The number of hydrogen-bond donors (Lipinski definition) is 2. The Morgan fingerprint density at radius 2 is 2.03 bits per heavy atom. The Balaban J connectivity index is 1.89. The molecule has 0 fully saturated rings. The maximum Gasteiger partial charge on any atom is 0.144 e. The highest BCUT2D eigenvalue weighted by Crippen LogP contribution is 2.28. The van der Waals surface area contributed by atoms with Gasteiger partial charge in [-0.2, -0.15) is 0 Å². The topological polar surface area (TPSA) is 77.5 Å². The van der Waals surface area contributed by atoms with Crippen LogP contribution >= 0.6 is 11.6 Å². The van der Waals surface area contributed by atoms with Crippen molar-refractivity contribution in [1.29, 1.82) is 0 Å². The molecule has 7 heteroatoms. The van der Waals surface area contributed by atoms with Gasteiger partial charge >= 0.3 is 0 Å². The standard InChI is InChI=1S/C25H28ClN5O/c1-5-6-20(14-27)25(19-7-9-21(26)10-8-19)30-18(3)29-22-11-12-23(24(13-22)32-4)31-15-17(2)28-16-31/h7-16,29H,3,5-6,27H2,1-2,4H3/b20-14-,30-25-. The summed E-state index contributed by atoms with van der Waals surface area (Å²) in [5.74, 6) is 1.19. The lowest BCUT2D eigenvalue weighted by molar-refractivity contribution is 0.413. The summed E-state index contributed by atoms with van der Waals surface area (Å²) in [7, 11) is 1.64. The Hall–Kier alpha value is -3.51. The molecule has 2 aromatic carbocycles. The van der Waals surface area contributed by atoms with Crippen molar-refractivity contribution in [2.45, 2.75) is 26.7 Å². The molecule has 0 aliphatic heterocycles. The van der Waals surface area contributed by atoms with E-state index in [1.54, 1.807) is 19.6 Å². The fourth-order valence-corrected chi connectivity index (χ4v) is 3.46. The Bertz CT molecular complexity index is 1150. The summed E-state index contributed by atoms with van der Waals surface area (Å²) in [4.78, 5) is 9.05. The lowest BCUT2D eigenvalue weighted by Gasteiger charge is -2.15. The van der Waals surface area contributed by atoms with Crippen molar-refractivity contribution in [3.63, 3.8) is 0 Å². The number of ether oxygens (including phenoxy) is 1. The highest BCUT2D eigenvalue weighted by atomic mass is 35.5. The van der Waals surface area contributed by atoms with Gasteiger partial charge in [-0.25, -0.2) is 9.98 Å². The number of aromatic nitrogens is 2. The minimum atomic E-state index is 0.485. The average molecular weight is 450 g/mol.